The molecule has 0 aliphatic carbocycles. The van der Waals surface area contributed by atoms with Gasteiger partial charge < -0.3 is 33.3 Å². The van der Waals surface area contributed by atoms with Crippen molar-refractivity contribution in [3.05, 3.63) is 72.9 Å². The average Bonchev–Trinajstić information content (AvgIpc) is 3.31. The predicted octanol–water partition coefficient (Wildman–Crippen LogP) is 14.9. The summed E-state index contributed by atoms with van der Waals surface area (Å²) in [6.45, 7) is 4.64. The maximum absolute atomic E-state index is 12.9. The molecule has 0 amide bonds. The van der Waals surface area contributed by atoms with Gasteiger partial charge in [0.1, 0.15) is 13.2 Å². The van der Waals surface area contributed by atoms with Crippen LogP contribution in [-0.4, -0.2) is 82.3 Å². The lowest BCUT2D eigenvalue weighted by Gasteiger charge is -2.26. The molecule has 0 N–H and O–H groups in total. The molecule has 9 heteroatoms. The summed E-state index contributed by atoms with van der Waals surface area (Å²) in [5.74, 6) is -2.29. The summed E-state index contributed by atoms with van der Waals surface area (Å²) >= 11 is 0. The maximum Gasteiger partial charge on any atom is 0.306 e. The van der Waals surface area contributed by atoms with Crippen LogP contribution in [0.4, 0.5) is 0 Å². The minimum atomic E-state index is -1.62. The largest absolute Gasteiger partial charge is 0.545 e. The van der Waals surface area contributed by atoms with Gasteiger partial charge in [-0.1, -0.05) is 228 Å². The van der Waals surface area contributed by atoms with Gasteiger partial charge in [-0.25, -0.2) is 0 Å². The normalized spacial score (nSPS) is 13.3. The van der Waals surface area contributed by atoms with Crippen molar-refractivity contribution < 1.29 is 42.9 Å². The highest BCUT2D eigenvalue weighted by Crippen LogP contribution is 2.16. The molecule has 0 spiro atoms. The van der Waals surface area contributed by atoms with Gasteiger partial charge in [-0.3, -0.25) is 9.59 Å². The SMILES string of the molecule is CC/C=C\C/C=C\C/C=C\C/C=C\C/C=C\C/C=C\CCCCCCCCCCC(=O)OC(COC(=O)CCCCCCCCCCCCCCCCCCC)COC(OCC[N+](C)(C)C)C(=O)[O-]. The van der Waals surface area contributed by atoms with Crippen LogP contribution in [0.2, 0.25) is 0 Å². The fourth-order valence-electron chi connectivity index (χ4n) is 7.66. The Labute approximate surface area is 424 Å². The molecule has 0 aromatic carbocycles. The molecule has 0 fully saturated rings. The van der Waals surface area contributed by atoms with Crippen molar-refractivity contribution in [1.29, 1.82) is 0 Å². The Hall–Kier alpha value is -3.27. The van der Waals surface area contributed by atoms with Gasteiger partial charge in [0.25, 0.3) is 0 Å². The number of aliphatic carboxylic acids is 1. The third-order valence-electron chi connectivity index (χ3n) is 12.0. The number of allylic oxidation sites excluding steroid dienone is 12. The van der Waals surface area contributed by atoms with E-state index < -0.39 is 24.3 Å². The molecule has 0 saturated heterocycles. The van der Waals surface area contributed by atoms with Gasteiger partial charge in [0.2, 0.25) is 0 Å². The predicted molar refractivity (Wildman–Crippen MR) is 288 cm³/mol. The molecular formula is C60H105NO8. The van der Waals surface area contributed by atoms with Crippen LogP contribution in [0.5, 0.6) is 0 Å². The van der Waals surface area contributed by atoms with Crippen LogP contribution in [0.3, 0.4) is 0 Å². The summed E-state index contributed by atoms with van der Waals surface area (Å²) in [5.41, 5.74) is 0. The Balaban J connectivity index is 4.29. The number of rotatable bonds is 51. The molecule has 2 unspecified atom stereocenters. The standard InChI is InChI=1S/C60H105NO8/c1-6-8-10-12-14-16-18-20-22-24-25-26-27-28-29-30-31-32-33-35-37-39-41-43-45-47-49-51-58(63)69-56(55-68-60(59(64)65)66-53-52-61(3,4)5)54-67-57(62)50-48-46-44-42-40-38-36-34-23-21-19-17-15-13-11-9-7-2/h8,10,14,16,20,22,25-26,28-29,31-32,56,60H,6-7,9,11-13,15,17-19,21,23-24,27,30,33-55H2,1-5H3/b10-8-,16-14-,22-20-,26-25-,29-28-,32-31-. The van der Waals surface area contributed by atoms with Crippen molar-refractivity contribution in [3.63, 3.8) is 0 Å². The van der Waals surface area contributed by atoms with E-state index >= 15 is 0 Å². The Kier molecular flexibility index (Phi) is 48.7. The Morgan fingerprint density at radius 2 is 0.826 bits per heavy atom. The third-order valence-corrected chi connectivity index (χ3v) is 12.0. The molecule has 0 aliphatic heterocycles. The number of unbranched alkanes of at least 4 members (excludes halogenated alkanes) is 24. The molecule has 0 radical (unpaired) electrons. The Morgan fingerprint density at radius 1 is 0.449 bits per heavy atom. The Morgan fingerprint density at radius 3 is 1.23 bits per heavy atom. The molecule has 0 heterocycles. The quantitative estimate of drug-likeness (QED) is 0.0195. The molecule has 0 rings (SSSR count). The lowest BCUT2D eigenvalue weighted by molar-refractivity contribution is -0.870. The second-order valence-corrected chi connectivity index (χ2v) is 19.9. The summed E-state index contributed by atoms with van der Waals surface area (Å²) < 4.78 is 22.7. The summed E-state index contributed by atoms with van der Waals surface area (Å²) in [5, 5.41) is 11.8. The Bertz CT molecular complexity index is 1360. The molecule has 2 atom stereocenters. The molecule has 0 aromatic rings. The van der Waals surface area contributed by atoms with Crippen molar-refractivity contribution in [2.45, 2.75) is 245 Å². The van der Waals surface area contributed by atoms with E-state index in [0.29, 0.717) is 23.9 Å². The maximum atomic E-state index is 12.9. The van der Waals surface area contributed by atoms with Crippen molar-refractivity contribution >= 4 is 17.9 Å². The first-order valence-electron chi connectivity index (χ1n) is 28.1. The van der Waals surface area contributed by atoms with E-state index in [1.807, 2.05) is 21.1 Å². The number of quaternary nitrogens is 1. The molecule has 69 heavy (non-hydrogen) atoms. The van der Waals surface area contributed by atoms with E-state index in [1.54, 1.807) is 0 Å². The van der Waals surface area contributed by atoms with Crippen LogP contribution in [0.1, 0.15) is 232 Å². The highest BCUT2D eigenvalue weighted by Gasteiger charge is 2.22. The molecule has 9 nitrogen and oxygen atoms in total. The number of carboxylic acid groups (broad SMARTS) is 1. The number of esters is 2. The number of nitrogens with zero attached hydrogens (tertiary/aromatic N) is 1. The lowest BCUT2D eigenvalue weighted by Crippen LogP contribution is -2.44. The van der Waals surface area contributed by atoms with E-state index in [2.05, 4.69) is 86.8 Å². The zero-order valence-electron chi connectivity index (χ0n) is 45.2. The van der Waals surface area contributed by atoms with Gasteiger partial charge in [-0.15, -0.1) is 0 Å². The van der Waals surface area contributed by atoms with Gasteiger partial charge in [0, 0.05) is 12.8 Å². The van der Waals surface area contributed by atoms with Crippen LogP contribution in [0.15, 0.2) is 72.9 Å². The number of carbonyl (C=O) groups is 3. The van der Waals surface area contributed by atoms with E-state index in [0.717, 1.165) is 83.5 Å². The van der Waals surface area contributed by atoms with E-state index in [-0.39, 0.29) is 32.2 Å². The molecule has 0 aliphatic rings. The second-order valence-electron chi connectivity index (χ2n) is 19.9. The molecule has 0 bridgehead atoms. The first kappa shape index (κ1) is 65.7. The molecule has 398 valence electrons. The fraction of sp³-hybridized carbons (Fsp3) is 0.750. The molecule has 0 saturated carbocycles. The number of carbonyl (C=O) groups excluding carboxylic acids is 3. The van der Waals surface area contributed by atoms with E-state index in [1.165, 1.54) is 116 Å². The summed E-state index contributed by atoms with van der Waals surface area (Å²) in [7, 11) is 5.92. The second kappa shape index (κ2) is 51.1. The average molecular weight is 968 g/mol. The van der Waals surface area contributed by atoms with Crippen molar-refractivity contribution in [1.82, 2.24) is 0 Å². The monoisotopic (exact) mass is 968 g/mol. The first-order chi connectivity index (χ1) is 33.6. The molecule has 0 aromatic heterocycles. The minimum absolute atomic E-state index is 0.144. The number of ether oxygens (including phenoxy) is 4. The fourth-order valence-corrected chi connectivity index (χ4v) is 7.66. The minimum Gasteiger partial charge on any atom is -0.545 e. The van der Waals surface area contributed by atoms with Crippen LogP contribution < -0.4 is 5.11 Å². The van der Waals surface area contributed by atoms with E-state index in [9.17, 15) is 19.5 Å². The summed E-state index contributed by atoms with van der Waals surface area (Å²) in [4.78, 5) is 37.2. The topological polar surface area (TPSA) is 111 Å². The smallest absolute Gasteiger partial charge is 0.306 e. The van der Waals surface area contributed by atoms with E-state index in [4.69, 9.17) is 18.9 Å². The van der Waals surface area contributed by atoms with Crippen LogP contribution >= 0.6 is 0 Å². The van der Waals surface area contributed by atoms with Crippen LogP contribution in [0, 0.1) is 0 Å². The van der Waals surface area contributed by atoms with Crippen molar-refractivity contribution in [3.8, 4) is 0 Å². The number of hydrogen-bond donors (Lipinski definition) is 0. The zero-order valence-corrected chi connectivity index (χ0v) is 45.2. The van der Waals surface area contributed by atoms with Crippen molar-refractivity contribution in [2.24, 2.45) is 0 Å². The third kappa shape index (κ3) is 52.4. The zero-order chi connectivity index (χ0) is 50.6. The number of likely N-dealkylation sites (N-methyl/N-ethyl adjacent to an activating group) is 1. The molecular weight excluding hydrogens is 863 g/mol. The lowest BCUT2D eigenvalue weighted by atomic mass is 10.0. The highest BCUT2D eigenvalue weighted by molar-refractivity contribution is 5.70. The highest BCUT2D eigenvalue weighted by atomic mass is 16.7. The van der Waals surface area contributed by atoms with Gasteiger partial charge >= 0.3 is 11.9 Å². The van der Waals surface area contributed by atoms with Crippen LogP contribution in [-0.2, 0) is 33.3 Å². The summed E-state index contributed by atoms with van der Waals surface area (Å²) in [6.07, 6.45) is 62.2. The van der Waals surface area contributed by atoms with Gasteiger partial charge in [-0.05, 0) is 64.2 Å². The van der Waals surface area contributed by atoms with Gasteiger partial charge in [0.15, 0.2) is 12.4 Å². The number of hydrogen-bond acceptors (Lipinski definition) is 8. The van der Waals surface area contributed by atoms with Crippen molar-refractivity contribution in [2.75, 3.05) is 47.5 Å². The van der Waals surface area contributed by atoms with Gasteiger partial charge in [0.05, 0.1) is 40.3 Å². The van der Waals surface area contributed by atoms with Gasteiger partial charge in [-0.2, -0.15) is 0 Å². The summed E-state index contributed by atoms with van der Waals surface area (Å²) in [6, 6.07) is 0. The van der Waals surface area contributed by atoms with Crippen LogP contribution in [0.25, 0.3) is 0 Å². The number of carboxylic acids is 1. The first-order valence-corrected chi connectivity index (χ1v) is 28.1.